The molecule has 1 fully saturated rings. The molecule has 0 spiro atoms. The number of rotatable bonds is 7. The van der Waals surface area contributed by atoms with E-state index in [9.17, 15) is 4.79 Å². The van der Waals surface area contributed by atoms with Crippen molar-refractivity contribution in [3.05, 3.63) is 65.3 Å². The molecule has 1 saturated heterocycles. The number of H-pyrrole nitrogens is 2. The summed E-state index contributed by atoms with van der Waals surface area (Å²) in [7, 11) is 2.15. The summed E-state index contributed by atoms with van der Waals surface area (Å²) >= 11 is 1.68. The molecule has 0 saturated carbocycles. The van der Waals surface area contributed by atoms with E-state index in [-0.39, 0.29) is 12.2 Å². The summed E-state index contributed by atoms with van der Waals surface area (Å²) in [5, 5.41) is 22.5. The number of Topliss-reactive ketones (excluding diaryl/α,β-unsaturated/α-hetero) is 1. The fraction of sp³-hybridized carbons (Fsp3) is 0.292. The second-order valence-electron chi connectivity index (χ2n) is 8.88. The lowest BCUT2D eigenvalue weighted by molar-refractivity contribution is 0.0989. The number of ketones is 1. The van der Waals surface area contributed by atoms with Crippen molar-refractivity contribution in [3.63, 3.8) is 0 Å². The average Bonchev–Trinajstić information content (AvgIpc) is 3.66. The highest BCUT2D eigenvalue weighted by Gasteiger charge is 2.18. The average molecular weight is 488 g/mol. The maximum Gasteiger partial charge on any atom is 0.188 e. The van der Waals surface area contributed by atoms with Gasteiger partial charge in [0.05, 0.1) is 30.1 Å². The molecule has 0 amide bonds. The zero-order valence-electron chi connectivity index (χ0n) is 19.3. The molecule has 1 aliphatic rings. The van der Waals surface area contributed by atoms with Gasteiger partial charge < -0.3 is 9.80 Å². The number of nitrogens with one attached hydrogen (secondary N) is 2. The van der Waals surface area contributed by atoms with Gasteiger partial charge in [-0.25, -0.2) is 4.98 Å². The van der Waals surface area contributed by atoms with Crippen molar-refractivity contribution in [3.8, 4) is 11.1 Å². The molecular formula is C24H25N9OS. The Kier molecular flexibility index (Phi) is 5.63. The number of anilines is 1. The minimum absolute atomic E-state index is 0.0436. The van der Waals surface area contributed by atoms with E-state index < -0.39 is 0 Å². The van der Waals surface area contributed by atoms with Gasteiger partial charge in [-0.05, 0) is 30.3 Å². The van der Waals surface area contributed by atoms with Crippen LogP contribution in [0.1, 0.15) is 21.7 Å². The Morgan fingerprint density at radius 1 is 1.14 bits per heavy atom. The normalized spacial score (nSPS) is 14.7. The molecular weight excluding hydrogens is 462 g/mol. The van der Waals surface area contributed by atoms with Gasteiger partial charge in [-0.3, -0.25) is 19.7 Å². The van der Waals surface area contributed by atoms with E-state index in [1.54, 1.807) is 23.7 Å². The fourth-order valence-electron chi connectivity index (χ4n) is 4.35. The number of benzene rings is 1. The van der Waals surface area contributed by atoms with E-state index in [1.165, 1.54) is 0 Å². The van der Waals surface area contributed by atoms with Crippen LogP contribution in [0.2, 0.25) is 0 Å². The molecule has 0 atom stereocenters. The summed E-state index contributed by atoms with van der Waals surface area (Å²) in [6.45, 7) is 4.71. The predicted octanol–water partition coefficient (Wildman–Crippen LogP) is 2.83. The number of carbonyl (C=O) groups is 1. The Labute approximate surface area is 205 Å². The molecule has 5 aromatic rings. The standard InChI is InChI=1S/C24H25N9OS/c1-31-4-6-32(7-5-31)24-28-19(15-35-24)14-33-13-16(10-27-33)8-22(34)23-20-3-2-17(9-21(20)29-30-23)18-11-25-26-12-18/h2-3,9-13,15H,4-8,14H2,1H3,(H,25,26)(H,29,30). The zero-order chi connectivity index (χ0) is 23.8. The lowest BCUT2D eigenvalue weighted by Crippen LogP contribution is -2.44. The highest BCUT2D eigenvalue weighted by Crippen LogP contribution is 2.25. The van der Waals surface area contributed by atoms with Crippen LogP contribution in [0.4, 0.5) is 5.13 Å². The van der Waals surface area contributed by atoms with Crippen molar-refractivity contribution in [2.75, 3.05) is 38.1 Å². The number of aromatic nitrogens is 7. The van der Waals surface area contributed by atoms with Gasteiger partial charge in [-0.15, -0.1) is 11.3 Å². The third-order valence-electron chi connectivity index (χ3n) is 6.35. The van der Waals surface area contributed by atoms with Crippen LogP contribution in [0.15, 0.2) is 48.4 Å². The third-order valence-corrected chi connectivity index (χ3v) is 7.30. The molecule has 1 aliphatic heterocycles. The second kappa shape index (κ2) is 9.08. The Morgan fingerprint density at radius 2 is 2.03 bits per heavy atom. The molecule has 4 aromatic heterocycles. The van der Waals surface area contributed by atoms with E-state index in [1.807, 2.05) is 35.3 Å². The van der Waals surface area contributed by atoms with Crippen LogP contribution in [0, 0.1) is 0 Å². The number of fused-ring (bicyclic) bond motifs is 1. The first-order valence-electron chi connectivity index (χ1n) is 11.5. The second-order valence-corrected chi connectivity index (χ2v) is 9.71. The van der Waals surface area contributed by atoms with Crippen LogP contribution in [-0.2, 0) is 13.0 Å². The van der Waals surface area contributed by atoms with Crippen LogP contribution in [0.5, 0.6) is 0 Å². The number of thiazole rings is 1. The van der Waals surface area contributed by atoms with Crippen molar-refractivity contribution in [2.45, 2.75) is 13.0 Å². The molecule has 5 heterocycles. The lowest BCUT2D eigenvalue weighted by Gasteiger charge is -2.32. The molecule has 0 bridgehead atoms. The first-order chi connectivity index (χ1) is 17.1. The number of piperazine rings is 1. The van der Waals surface area contributed by atoms with E-state index in [2.05, 4.69) is 47.7 Å². The number of aromatic amines is 2. The van der Waals surface area contributed by atoms with Gasteiger partial charge >= 0.3 is 0 Å². The Hall–Kier alpha value is -3.83. The molecule has 0 radical (unpaired) electrons. The molecule has 2 N–H and O–H groups in total. The van der Waals surface area contributed by atoms with Crippen LogP contribution < -0.4 is 4.90 Å². The molecule has 0 aliphatic carbocycles. The van der Waals surface area contributed by atoms with Crippen LogP contribution in [0.25, 0.3) is 22.0 Å². The largest absolute Gasteiger partial charge is 0.346 e. The minimum Gasteiger partial charge on any atom is -0.346 e. The number of likely N-dealkylation sites (N-methyl/N-ethyl adjacent to an activating group) is 1. The molecule has 6 rings (SSSR count). The van der Waals surface area contributed by atoms with Crippen molar-refractivity contribution in [1.29, 1.82) is 0 Å². The van der Waals surface area contributed by atoms with Gasteiger partial charge in [-0.1, -0.05) is 6.07 Å². The summed E-state index contributed by atoms with van der Waals surface area (Å²) in [6.07, 6.45) is 7.50. The van der Waals surface area contributed by atoms with Gasteiger partial charge in [0.15, 0.2) is 10.9 Å². The number of nitrogens with zero attached hydrogens (tertiary/aromatic N) is 7. The SMILES string of the molecule is CN1CCN(c2nc(Cn3cc(CC(=O)c4n[nH]c5cc(-c6cn[nH]c6)ccc45)cn3)cs2)CC1. The molecule has 178 valence electrons. The quantitative estimate of drug-likeness (QED) is 0.340. The van der Waals surface area contributed by atoms with E-state index in [4.69, 9.17) is 4.98 Å². The number of carbonyl (C=O) groups excluding carboxylic acids is 1. The Morgan fingerprint density at radius 3 is 2.86 bits per heavy atom. The monoisotopic (exact) mass is 487 g/mol. The lowest BCUT2D eigenvalue weighted by atomic mass is 10.0. The predicted molar refractivity (Wildman–Crippen MR) is 135 cm³/mol. The van der Waals surface area contributed by atoms with Crippen molar-refractivity contribution >= 4 is 33.2 Å². The van der Waals surface area contributed by atoms with Crippen molar-refractivity contribution < 1.29 is 4.79 Å². The number of hydrogen-bond acceptors (Lipinski definition) is 8. The van der Waals surface area contributed by atoms with Crippen LogP contribution in [0.3, 0.4) is 0 Å². The van der Waals surface area contributed by atoms with Gasteiger partial charge in [0, 0.05) is 61.3 Å². The van der Waals surface area contributed by atoms with Crippen LogP contribution >= 0.6 is 11.3 Å². The van der Waals surface area contributed by atoms with Crippen LogP contribution in [-0.4, -0.2) is 79.1 Å². The van der Waals surface area contributed by atoms with E-state index in [0.29, 0.717) is 12.2 Å². The topological polar surface area (TPSA) is 112 Å². The van der Waals surface area contributed by atoms with Gasteiger partial charge in [0.25, 0.3) is 0 Å². The summed E-state index contributed by atoms with van der Waals surface area (Å²) in [5.41, 5.74) is 5.10. The Balaban J connectivity index is 1.12. The van der Waals surface area contributed by atoms with Gasteiger partial charge in [-0.2, -0.15) is 15.3 Å². The third kappa shape index (κ3) is 4.47. The maximum atomic E-state index is 13.0. The Bertz CT molecular complexity index is 1460. The molecule has 1 aromatic carbocycles. The van der Waals surface area contributed by atoms with Gasteiger partial charge in [0.1, 0.15) is 5.69 Å². The molecule has 35 heavy (non-hydrogen) atoms. The summed E-state index contributed by atoms with van der Waals surface area (Å²) in [5.74, 6) is -0.0436. The fourth-order valence-corrected chi connectivity index (χ4v) is 5.22. The summed E-state index contributed by atoms with van der Waals surface area (Å²) in [6, 6.07) is 5.88. The van der Waals surface area contributed by atoms with Crippen molar-refractivity contribution in [2.24, 2.45) is 0 Å². The first kappa shape index (κ1) is 21.7. The first-order valence-corrected chi connectivity index (χ1v) is 12.4. The molecule has 0 unspecified atom stereocenters. The van der Waals surface area contributed by atoms with E-state index in [0.717, 1.165) is 64.6 Å². The maximum absolute atomic E-state index is 13.0. The summed E-state index contributed by atoms with van der Waals surface area (Å²) < 4.78 is 1.84. The zero-order valence-corrected chi connectivity index (χ0v) is 20.1. The molecule has 10 nitrogen and oxygen atoms in total. The van der Waals surface area contributed by atoms with E-state index >= 15 is 0 Å². The minimum atomic E-state index is -0.0436. The smallest absolute Gasteiger partial charge is 0.188 e. The summed E-state index contributed by atoms with van der Waals surface area (Å²) in [4.78, 5) is 22.5. The van der Waals surface area contributed by atoms with Gasteiger partial charge in [0.2, 0.25) is 0 Å². The highest BCUT2D eigenvalue weighted by atomic mass is 32.1. The number of hydrogen-bond donors (Lipinski definition) is 2. The highest BCUT2D eigenvalue weighted by molar-refractivity contribution is 7.13. The molecule has 11 heteroatoms. The van der Waals surface area contributed by atoms with Crippen molar-refractivity contribution in [1.82, 2.24) is 40.1 Å².